The zero-order valence-corrected chi connectivity index (χ0v) is 16.5. The minimum Gasteiger partial charge on any atom is -0.349 e. The SMILES string of the molecule is Cc1nn(C(F)F)c(C)c1CC(=O)N[C@@H]1CCCc2c1cnn2C(C)(C)C. The molecule has 2 aromatic rings. The molecular formula is C19H27F2N5O. The number of nitrogens with one attached hydrogen (secondary N) is 1. The van der Waals surface area contributed by atoms with E-state index in [1.54, 1.807) is 13.8 Å². The molecule has 0 fully saturated rings. The molecule has 1 aliphatic rings. The largest absolute Gasteiger partial charge is 0.349 e. The number of rotatable bonds is 4. The number of fused-ring (bicyclic) bond motifs is 1. The number of halogens is 2. The Hall–Kier alpha value is -2.25. The number of aromatic nitrogens is 4. The van der Waals surface area contributed by atoms with Gasteiger partial charge in [-0.1, -0.05) is 0 Å². The summed E-state index contributed by atoms with van der Waals surface area (Å²) >= 11 is 0. The molecule has 0 saturated carbocycles. The number of carbonyl (C=O) groups excluding carboxylic acids is 1. The average Bonchev–Trinajstić information content (AvgIpc) is 3.12. The lowest BCUT2D eigenvalue weighted by Gasteiger charge is -2.28. The second-order valence-electron chi connectivity index (χ2n) is 8.19. The zero-order chi connectivity index (χ0) is 19.9. The van der Waals surface area contributed by atoms with Crippen LogP contribution >= 0.6 is 0 Å². The van der Waals surface area contributed by atoms with Crippen LogP contribution in [-0.2, 0) is 23.2 Å². The van der Waals surface area contributed by atoms with Crippen LogP contribution in [0.15, 0.2) is 6.20 Å². The van der Waals surface area contributed by atoms with Crippen molar-refractivity contribution in [3.05, 3.63) is 34.4 Å². The first-order chi connectivity index (χ1) is 12.6. The maximum Gasteiger partial charge on any atom is 0.333 e. The Labute approximate surface area is 157 Å². The van der Waals surface area contributed by atoms with Crippen molar-refractivity contribution in [2.24, 2.45) is 0 Å². The number of amides is 1. The summed E-state index contributed by atoms with van der Waals surface area (Å²) in [5, 5.41) is 11.4. The molecule has 0 bridgehead atoms. The van der Waals surface area contributed by atoms with Crippen molar-refractivity contribution in [2.45, 2.75) is 78.4 Å². The molecule has 0 saturated heterocycles. The molecule has 0 unspecified atom stereocenters. The topological polar surface area (TPSA) is 64.7 Å². The van der Waals surface area contributed by atoms with E-state index in [1.807, 2.05) is 10.9 Å². The summed E-state index contributed by atoms with van der Waals surface area (Å²) in [4.78, 5) is 12.6. The molecule has 6 nitrogen and oxygen atoms in total. The third-order valence-corrected chi connectivity index (χ3v) is 5.15. The molecule has 0 radical (unpaired) electrons. The van der Waals surface area contributed by atoms with Crippen LogP contribution in [0.2, 0.25) is 0 Å². The summed E-state index contributed by atoms with van der Waals surface area (Å²) < 4.78 is 28.7. The highest BCUT2D eigenvalue weighted by molar-refractivity contribution is 5.79. The van der Waals surface area contributed by atoms with Gasteiger partial charge in [0.1, 0.15) is 0 Å². The summed E-state index contributed by atoms with van der Waals surface area (Å²) in [5.41, 5.74) is 3.47. The van der Waals surface area contributed by atoms with Gasteiger partial charge in [-0.15, -0.1) is 0 Å². The first-order valence-electron chi connectivity index (χ1n) is 9.29. The van der Waals surface area contributed by atoms with E-state index in [4.69, 9.17) is 0 Å². The van der Waals surface area contributed by atoms with Crippen LogP contribution in [0.3, 0.4) is 0 Å². The Morgan fingerprint density at radius 2 is 2.07 bits per heavy atom. The fraction of sp³-hybridized carbons (Fsp3) is 0.632. The van der Waals surface area contributed by atoms with Gasteiger partial charge in [-0.2, -0.15) is 19.0 Å². The van der Waals surface area contributed by atoms with Gasteiger partial charge in [0.2, 0.25) is 5.91 Å². The van der Waals surface area contributed by atoms with E-state index in [9.17, 15) is 13.6 Å². The van der Waals surface area contributed by atoms with E-state index < -0.39 is 6.55 Å². The summed E-state index contributed by atoms with van der Waals surface area (Å²) in [5.74, 6) is -0.184. The monoisotopic (exact) mass is 379 g/mol. The average molecular weight is 379 g/mol. The predicted octanol–water partition coefficient (Wildman–Crippen LogP) is 3.58. The zero-order valence-electron chi connectivity index (χ0n) is 16.5. The minimum atomic E-state index is -2.70. The molecule has 8 heteroatoms. The standard InChI is InChI=1S/C19H27F2N5O/c1-11-13(12(2)25(24-11)18(20)21)9-17(27)23-15-7-6-8-16-14(15)10-22-26(16)19(3,4)5/h10,15,18H,6-9H2,1-5H3,(H,23,27)/t15-/m1/s1. The van der Waals surface area contributed by atoms with Gasteiger partial charge < -0.3 is 5.32 Å². The van der Waals surface area contributed by atoms with Crippen molar-refractivity contribution in [2.75, 3.05) is 0 Å². The molecule has 0 spiro atoms. The number of hydrogen-bond donors (Lipinski definition) is 1. The van der Waals surface area contributed by atoms with E-state index >= 15 is 0 Å². The third-order valence-electron chi connectivity index (χ3n) is 5.15. The van der Waals surface area contributed by atoms with E-state index in [0.29, 0.717) is 21.6 Å². The molecular weight excluding hydrogens is 352 g/mol. The molecule has 1 atom stereocenters. The van der Waals surface area contributed by atoms with Gasteiger partial charge in [0.15, 0.2) is 0 Å². The number of alkyl halides is 2. The Balaban J connectivity index is 1.76. The molecule has 0 aromatic carbocycles. The maximum absolute atomic E-state index is 13.0. The maximum atomic E-state index is 13.0. The van der Waals surface area contributed by atoms with Crippen molar-refractivity contribution in [1.29, 1.82) is 0 Å². The van der Waals surface area contributed by atoms with E-state index in [2.05, 4.69) is 36.3 Å². The molecule has 1 aliphatic carbocycles. The number of aryl methyl sites for hydroxylation is 1. The van der Waals surface area contributed by atoms with E-state index in [1.165, 1.54) is 0 Å². The van der Waals surface area contributed by atoms with Crippen LogP contribution < -0.4 is 5.32 Å². The Morgan fingerprint density at radius 1 is 1.37 bits per heavy atom. The van der Waals surface area contributed by atoms with Gasteiger partial charge in [0, 0.05) is 22.5 Å². The van der Waals surface area contributed by atoms with Gasteiger partial charge in [0.05, 0.1) is 29.9 Å². The van der Waals surface area contributed by atoms with Crippen molar-refractivity contribution >= 4 is 5.91 Å². The van der Waals surface area contributed by atoms with Gasteiger partial charge in [-0.3, -0.25) is 9.48 Å². The Morgan fingerprint density at radius 3 is 2.67 bits per heavy atom. The van der Waals surface area contributed by atoms with Crippen LogP contribution in [0, 0.1) is 13.8 Å². The summed E-state index contributed by atoms with van der Waals surface area (Å²) in [6.45, 7) is 6.84. The molecule has 0 aliphatic heterocycles. The van der Waals surface area contributed by atoms with Crippen LogP contribution in [-0.4, -0.2) is 25.5 Å². The van der Waals surface area contributed by atoms with Crippen LogP contribution in [0.25, 0.3) is 0 Å². The molecule has 1 amide bonds. The van der Waals surface area contributed by atoms with E-state index in [-0.39, 0.29) is 23.9 Å². The summed E-state index contributed by atoms with van der Waals surface area (Å²) in [6.07, 6.45) is 4.65. The lowest BCUT2D eigenvalue weighted by Crippen LogP contribution is -2.33. The molecule has 27 heavy (non-hydrogen) atoms. The molecule has 148 valence electrons. The second kappa shape index (κ2) is 7.05. The third kappa shape index (κ3) is 3.75. The van der Waals surface area contributed by atoms with Crippen molar-refractivity contribution in [1.82, 2.24) is 24.9 Å². The fourth-order valence-corrected chi connectivity index (χ4v) is 3.83. The minimum absolute atomic E-state index is 0.0453. The molecule has 2 aromatic heterocycles. The van der Waals surface area contributed by atoms with Gasteiger partial charge in [0.25, 0.3) is 0 Å². The molecule has 2 heterocycles. The van der Waals surface area contributed by atoms with Crippen LogP contribution in [0.1, 0.15) is 74.4 Å². The summed E-state index contributed by atoms with van der Waals surface area (Å²) in [6, 6.07) is -0.0943. The molecule has 3 rings (SSSR count). The van der Waals surface area contributed by atoms with Crippen LogP contribution in [0.4, 0.5) is 8.78 Å². The second-order valence-corrected chi connectivity index (χ2v) is 8.19. The Bertz CT molecular complexity index is 847. The Kier molecular flexibility index (Phi) is 5.10. The lowest BCUT2D eigenvalue weighted by molar-refractivity contribution is -0.121. The smallest absolute Gasteiger partial charge is 0.333 e. The summed E-state index contributed by atoms with van der Waals surface area (Å²) in [7, 11) is 0. The quantitative estimate of drug-likeness (QED) is 0.883. The predicted molar refractivity (Wildman–Crippen MR) is 97.7 cm³/mol. The van der Waals surface area contributed by atoms with Crippen LogP contribution in [0.5, 0.6) is 0 Å². The first kappa shape index (κ1) is 19.5. The highest BCUT2D eigenvalue weighted by Gasteiger charge is 2.29. The number of nitrogens with zero attached hydrogens (tertiary/aromatic N) is 4. The highest BCUT2D eigenvalue weighted by Crippen LogP contribution is 2.32. The van der Waals surface area contributed by atoms with Gasteiger partial charge in [-0.05, 0) is 53.9 Å². The van der Waals surface area contributed by atoms with Crippen molar-refractivity contribution in [3.63, 3.8) is 0 Å². The van der Waals surface area contributed by atoms with Gasteiger partial charge in [-0.25, -0.2) is 4.68 Å². The first-order valence-corrected chi connectivity index (χ1v) is 9.29. The van der Waals surface area contributed by atoms with Crippen molar-refractivity contribution < 1.29 is 13.6 Å². The highest BCUT2D eigenvalue weighted by atomic mass is 19.3. The molecule has 1 N–H and O–H groups in total. The van der Waals surface area contributed by atoms with Gasteiger partial charge >= 0.3 is 6.55 Å². The number of carbonyl (C=O) groups is 1. The van der Waals surface area contributed by atoms with E-state index in [0.717, 1.165) is 30.5 Å². The van der Waals surface area contributed by atoms with Crippen molar-refractivity contribution in [3.8, 4) is 0 Å². The lowest BCUT2D eigenvalue weighted by atomic mass is 9.92. The number of hydrogen-bond acceptors (Lipinski definition) is 3. The normalized spacial score (nSPS) is 17.3. The fourth-order valence-electron chi connectivity index (χ4n) is 3.83.